The van der Waals surface area contributed by atoms with Crippen LogP contribution >= 0.6 is 0 Å². The lowest BCUT2D eigenvalue weighted by Gasteiger charge is -2.27. The van der Waals surface area contributed by atoms with Crippen LogP contribution in [0.25, 0.3) is 11.0 Å². The Balaban J connectivity index is 2.11. The molecule has 1 aromatic heterocycles. The third-order valence-corrected chi connectivity index (χ3v) is 6.34. The molecule has 1 aromatic carbocycles. The molecule has 2 heterocycles. The average molecular weight is 388 g/mol. The standard InChI is InChI=1S/C18H20N4O4S/c1-3-26-18(23)13(10-19)16-17(21-15-7-5-4-6-14(15)20-16)22(2)12-8-9-27(24,25)11-12/h4-7,12-13H,3,8-9,11H2,1-2H3. The molecule has 8 nitrogen and oxygen atoms in total. The number of sulfone groups is 1. The minimum absolute atomic E-state index is 0.00801. The summed E-state index contributed by atoms with van der Waals surface area (Å²) >= 11 is 0. The fraction of sp³-hybridized carbons (Fsp3) is 0.444. The van der Waals surface area contributed by atoms with Crippen LogP contribution in [0.2, 0.25) is 0 Å². The number of benzene rings is 1. The minimum atomic E-state index is -3.10. The van der Waals surface area contributed by atoms with E-state index in [9.17, 15) is 18.5 Å². The van der Waals surface area contributed by atoms with Crippen molar-refractivity contribution >= 4 is 32.7 Å². The molecular formula is C18H20N4O4S. The summed E-state index contributed by atoms with van der Waals surface area (Å²) in [6.45, 7) is 1.80. The van der Waals surface area contributed by atoms with E-state index in [-0.39, 0.29) is 29.8 Å². The first-order valence-corrected chi connectivity index (χ1v) is 10.4. The fourth-order valence-electron chi connectivity index (χ4n) is 3.16. The number of esters is 1. The monoisotopic (exact) mass is 388 g/mol. The number of hydrogen-bond donors (Lipinski definition) is 0. The third-order valence-electron chi connectivity index (χ3n) is 4.59. The van der Waals surface area contributed by atoms with Crippen molar-refractivity contribution in [1.82, 2.24) is 9.97 Å². The lowest BCUT2D eigenvalue weighted by atomic mass is 10.1. The van der Waals surface area contributed by atoms with Gasteiger partial charge in [-0.2, -0.15) is 5.26 Å². The van der Waals surface area contributed by atoms with Crippen LogP contribution in [0.1, 0.15) is 25.0 Å². The predicted molar refractivity (Wildman–Crippen MR) is 100.0 cm³/mol. The quantitative estimate of drug-likeness (QED) is 0.707. The zero-order valence-corrected chi connectivity index (χ0v) is 15.9. The number of fused-ring (bicyclic) bond motifs is 1. The number of hydrogen-bond acceptors (Lipinski definition) is 8. The molecule has 0 bridgehead atoms. The molecule has 2 unspecified atom stereocenters. The molecular weight excluding hydrogens is 368 g/mol. The van der Waals surface area contributed by atoms with E-state index in [0.717, 1.165) is 0 Å². The van der Waals surface area contributed by atoms with Crippen molar-refractivity contribution in [2.75, 3.05) is 30.1 Å². The topological polar surface area (TPSA) is 113 Å². The Labute approximate surface area is 157 Å². The number of para-hydroxylation sites is 2. The van der Waals surface area contributed by atoms with Crippen LogP contribution in [0.4, 0.5) is 5.82 Å². The molecule has 1 aliphatic heterocycles. The number of carbonyl (C=O) groups excluding carboxylic acids is 1. The summed E-state index contributed by atoms with van der Waals surface area (Å²) in [7, 11) is -1.39. The van der Waals surface area contributed by atoms with Gasteiger partial charge in [0.25, 0.3) is 0 Å². The third kappa shape index (κ3) is 3.85. The first-order chi connectivity index (χ1) is 12.9. The van der Waals surface area contributed by atoms with Gasteiger partial charge in [0.15, 0.2) is 21.6 Å². The van der Waals surface area contributed by atoms with Gasteiger partial charge < -0.3 is 9.64 Å². The Bertz CT molecular complexity index is 1020. The van der Waals surface area contributed by atoms with Crippen molar-refractivity contribution < 1.29 is 17.9 Å². The van der Waals surface area contributed by atoms with E-state index in [1.807, 2.05) is 12.1 Å². The van der Waals surface area contributed by atoms with E-state index >= 15 is 0 Å². The van der Waals surface area contributed by atoms with E-state index in [4.69, 9.17) is 4.74 Å². The Hall–Kier alpha value is -2.73. The second-order valence-corrected chi connectivity index (χ2v) is 8.63. The largest absolute Gasteiger partial charge is 0.465 e. The summed E-state index contributed by atoms with van der Waals surface area (Å²) in [6.07, 6.45) is 0.462. The second-order valence-electron chi connectivity index (χ2n) is 6.40. The van der Waals surface area contributed by atoms with Crippen molar-refractivity contribution in [2.45, 2.75) is 25.3 Å². The number of rotatable bonds is 5. The molecule has 2 aromatic rings. The van der Waals surface area contributed by atoms with Crippen LogP contribution in [-0.4, -0.2) is 55.6 Å². The van der Waals surface area contributed by atoms with Gasteiger partial charge in [-0.25, -0.2) is 18.4 Å². The molecule has 1 fully saturated rings. The SMILES string of the molecule is CCOC(=O)C(C#N)c1nc2ccccc2nc1N(C)C1CCS(=O)(=O)C1. The minimum Gasteiger partial charge on any atom is -0.465 e. The molecule has 0 spiro atoms. The van der Waals surface area contributed by atoms with Crippen LogP contribution < -0.4 is 4.90 Å². The Morgan fingerprint density at radius 3 is 2.59 bits per heavy atom. The van der Waals surface area contributed by atoms with Gasteiger partial charge in [-0.15, -0.1) is 0 Å². The smallest absolute Gasteiger partial charge is 0.329 e. The van der Waals surface area contributed by atoms with Gasteiger partial charge in [-0.3, -0.25) is 4.79 Å². The van der Waals surface area contributed by atoms with Gasteiger partial charge >= 0.3 is 5.97 Å². The van der Waals surface area contributed by atoms with Gasteiger partial charge in [0.2, 0.25) is 0 Å². The Morgan fingerprint density at radius 2 is 2.04 bits per heavy atom. The number of aromatic nitrogens is 2. The highest BCUT2D eigenvalue weighted by Gasteiger charge is 2.35. The maximum Gasteiger partial charge on any atom is 0.329 e. The highest BCUT2D eigenvalue weighted by atomic mass is 32.2. The van der Waals surface area contributed by atoms with Crippen LogP contribution in [0.3, 0.4) is 0 Å². The maximum absolute atomic E-state index is 12.3. The molecule has 3 rings (SSSR count). The summed E-state index contributed by atoms with van der Waals surface area (Å²) in [5, 5.41) is 9.57. The predicted octanol–water partition coefficient (Wildman–Crippen LogP) is 1.42. The number of carbonyl (C=O) groups is 1. The Kier molecular flexibility index (Phi) is 5.28. The van der Waals surface area contributed by atoms with Crippen molar-refractivity contribution in [3.05, 3.63) is 30.0 Å². The fourth-order valence-corrected chi connectivity index (χ4v) is 4.94. The lowest BCUT2D eigenvalue weighted by molar-refractivity contribution is -0.143. The highest BCUT2D eigenvalue weighted by molar-refractivity contribution is 7.91. The molecule has 142 valence electrons. The van der Waals surface area contributed by atoms with Crippen LogP contribution in [0.5, 0.6) is 0 Å². The van der Waals surface area contributed by atoms with E-state index in [1.54, 1.807) is 37.1 Å². The average Bonchev–Trinajstić information content (AvgIpc) is 3.01. The molecule has 9 heteroatoms. The molecule has 0 saturated carbocycles. The molecule has 1 aliphatic rings. The van der Waals surface area contributed by atoms with Gasteiger partial charge in [-0.05, 0) is 25.5 Å². The number of anilines is 1. The first-order valence-electron chi connectivity index (χ1n) is 8.62. The van der Waals surface area contributed by atoms with Crippen molar-refractivity contribution in [3.8, 4) is 6.07 Å². The molecule has 0 aliphatic carbocycles. The summed E-state index contributed by atoms with van der Waals surface area (Å²) in [5.74, 6) is -1.49. The molecule has 0 amide bonds. The van der Waals surface area contributed by atoms with Crippen molar-refractivity contribution in [2.24, 2.45) is 0 Å². The molecule has 27 heavy (non-hydrogen) atoms. The summed E-state index contributed by atoms with van der Waals surface area (Å²) < 4.78 is 28.7. The van der Waals surface area contributed by atoms with E-state index in [0.29, 0.717) is 23.3 Å². The zero-order valence-electron chi connectivity index (χ0n) is 15.1. The van der Waals surface area contributed by atoms with Crippen molar-refractivity contribution in [1.29, 1.82) is 5.26 Å². The van der Waals surface area contributed by atoms with Gasteiger partial charge in [0, 0.05) is 13.1 Å². The summed E-state index contributed by atoms with van der Waals surface area (Å²) in [6, 6.07) is 8.79. The van der Waals surface area contributed by atoms with E-state index < -0.39 is 21.7 Å². The van der Waals surface area contributed by atoms with E-state index in [2.05, 4.69) is 9.97 Å². The van der Waals surface area contributed by atoms with Crippen LogP contribution in [-0.2, 0) is 19.4 Å². The highest BCUT2D eigenvalue weighted by Crippen LogP contribution is 2.30. The van der Waals surface area contributed by atoms with Crippen LogP contribution in [0, 0.1) is 11.3 Å². The summed E-state index contributed by atoms with van der Waals surface area (Å²) in [5.41, 5.74) is 1.33. The Morgan fingerprint density at radius 1 is 1.37 bits per heavy atom. The van der Waals surface area contributed by atoms with Gasteiger partial charge in [-0.1, -0.05) is 12.1 Å². The van der Waals surface area contributed by atoms with E-state index in [1.165, 1.54) is 0 Å². The molecule has 0 radical (unpaired) electrons. The normalized spacial score (nSPS) is 19.4. The molecule has 0 N–H and O–H groups in total. The van der Waals surface area contributed by atoms with Crippen molar-refractivity contribution in [3.63, 3.8) is 0 Å². The zero-order chi connectivity index (χ0) is 19.6. The van der Waals surface area contributed by atoms with Gasteiger partial charge in [0.05, 0.1) is 35.2 Å². The summed E-state index contributed by atoms with van der Waals surface area (Å²) in [4.78, 5) is 23.1. The maximum atomic E-state index is 12.3. The van der Waals surface area contributed by atoms with Gasteiger partial charge in [0.1, 0.15) is 5.69 Å². The number of nitriles is 1. The number of nitrogens with zero attached hydrogens (tertiary/aromatic N) is 4. The molecule has 1 saturated heterocycles. The van der Waals surface area contributed by atoms with Crippen LogP contribution in [0.15, 0.2) is 24.3 Å². The second kappa shape index (κ2) is 7.48. The lowest BCUT2D eigenvalue weighted by Crippen LogP contribution is -2.35. The molecule has 2 atom stereocenters. The number of ether oxygens (including phenoxy) is 1. The first kappa shape index (κ1) is 19.0.